The number of nitrogens with zero attached hydrogens (tertiary/aromatic N) is 5. The molecule has 0 spiro atoms. The molecule has 0 bridgehead atoms. The summed E-state index contributed by atoms with van der Waals surface area (Å²) in [6, 6.07) is 14.7. The highest BCUT2D eigenvalue weighted by molar-refractivity contribution is 6.04. The summed E-state index contributed by atoms with van der Waals surface area (Å²) >= 11 is 0. The molecule has 208 valence electrons. The SMILES string of the molecule is COc1cc2ncc(C#N)c(Nc3ccc(Oc4ccnc(N=CN)c4)c(C)c3)c2cc1NC(=O)/C=C/CN(C)C. The van der Waals surface area contributed by atoms with E-state index < -0.39 is 0 Å². The van der Waals surface area contributed by atoms with Crippen molar-refractivity contribution in [1.82, 2.24) is 14.9 Å². The third-order valence-corrected chi connectivity index (χ3v) is 5.90. The minimum Gasteiger partial charge on any atom is -0.494 e. The quantitative estimate of drug-likeness (QED) is 0.140. The topological polar surface area (TPSA) is 151 Å². The van der Waals surface area contributed by atoms with Gasteiger partial charge in [-0.05, 0) is 56.9 Å². The predicted octanol–water partition coefficient (Wildman–Crippen LogP) is 5.03. The van der Waals surface area contributed by atoms with Gasteiger partial charge in [-0.25, -0.2) is 9.98 Å². The highest BCUT2D eigenvalue weighted by Gasteiger charge is 2.15. The van der Waals surface area contributed by atoms with Crippen molar-refractivity contribution >= 4 is 46.0 Å². The number of ether oxygens (including phenoxy) is 2. The van der Waals surface area contributed by atoms with E-state index >= 15 is 0 Å². The van der Waals surface area contributed by atoms with Gasteiger partial charge < -0.3 is 30.7 Å². The molecule has 4 N–H and O–H groups in total. The van der Waals surface area contributed by atoms with Crippen LogP contribution >= 0.6 is 0 Å². The normalized spacial score (nSPS) is 11.2. The second-order valence-electron chi connectivity index (χ2n) is 9.22. The van der Waals surface area contributed by atoms with Crippen LogP contribution in [-0.2, 0) is 4.79 Å². The maximum absolute atomic E-state index is 12.6. The lowest BCUT2D eigenvalue weighted by atomic mass is 10.1. The third-order valence-electron chi connectivity index (χ3n) is 5.90. The number of benzene rings is 2. The molecule has 0 aliphatic rings. The number of aromatic nitrogens is 2. The molecule has 2 aromatic heterocycles. The van der Waals surface area contributed by atoms with Gasteiger partial charge in [-0.3, -0.25) is 9.78 Å². The van der Waals surface area contributed by atoms with Gasteiger partial charge in [0.15, 0.2) is 5.82 Å². The summed E-state index contributed by atoms with van der Waals surface area (Å²) in [5, 5.41) is 16.7. The second-order valence-corrected chi connectivity index (χ2v) is 9.22. The van der Waals surface area contributed by atoms with Crippen molar-refractivity contribution in [1.29, 1.82) is 5.26 Å². The lowest BCUT2D eigenvalue weighted by Gasteiger charge is -2.16. The van der Waals surface area contributed by atoms with Gasteiger partial charge in [0, 0.05) is 48.2 Å². The number of nitrogens with one attached hydrogen (secondary N) is 2. The monoisotopic (exact) mass is 550 g/mol. The zero-order valence-electron chi connectivity index (χ0n) is 23.2. The number of hydrogen-bond donors (Lipinski definition) is 3. The number of nitrogens with two attached hydrogens (primary N) is 1. The number of carbonyl (C=O) groups excluding carboxylic acids is 1. The number of carbonyl (C=O) groups is 1. The highest BCUT2D eigenvalue weighted by Crippen LogP contribution is 2.37. The van der Waals surface area contributed by atoms with Gasteiger partial charge in [-0.1, -0.05) is 6.08 Å². The molecule has 11 heteroatoms. The van der Waals surface area contributed by atoms with E-state index in [1.54, 1.807) is 36.5 Å². The van der Waals surface area contributed by atoms with Gasteiger partial charge in [0.2, 0.25) is 5.91 Å². The van der Waals surface area contributed by atoms with E-state index in [0.29, 0.717) is 57.5 Å². The van der Waals surface area contributed by atoms with Gasteiger partial charge in [0.1, 0.15) is 23.3 Å². The summed E-state index contributed by atoms with van der Waals surface area (Å²) in [4.78, 5) is 27.0. The van der Waals surface area contributed by atoms with Crippen LogP contribution in [0.5, 0.6) is 17.2 Å². The van der Waals surface area contributed by atoms with Crippen LogP contribution in [-0.4, -0.2) is 54.9 Å². The second kappa shape index (κ2) is 13.1. The molecule has 0 unspecified atom stereocenters. The number of nitriles is 1. The van der Waals surface area contributed by atoms with Crippen molar-refractivity contribution < 1.29 is 14.3 Å². The average molecular weight is 551 g/mol. The van der Waals surface area contributed by atoms with Crippen LogP contribution in [0.2, 0.25) is 0 Å². The molecule has 41 heavy (non-hydrogen) atoms. The fourth-order valence-electron chi connectivity index (χ4n) is 3.97. The molecule has 0 aliphatic heterocycles. The Morgan fingerprint density at radius 3 is 2.71 bits per heavy atom. The number of rotatable bonds is 10. The molecule has 4 rings (SSSR count). The molecular formula is C30H30N8O3. The number of likely N-dealkylation sites (N-methyl/N-ethyl adjacent to an activating group) is 1. The standard InChI is InChI=1S/C30H30N8O3/c1-19-12-21(7-8-26(19)41-22-9-10-33-28(13-22)35-18-32)36-30-20(16-31)17-34-24-15-27(40-4)25(14-23(24)30)37-29(39)6-5-11-38(2)3/h5-10,12-15,17-18H,11H2,1-4H3,(H,34,36)(H,37,39)(H2,32,33,35)/b6-5+. The molecule has 11 nitrogen and oxygen atoms in total. The van der Waals surface area contributed by atoms with E-state index in [1.807, 2.05) is 44.1 Å². The van der Waals surface area contributed by atoms with Crippen LogP contribution in [0.1, 0.15) is 11.1 Å². The maximum Gasteiger partial charge on any atom is 0.248 e. The number of anilines is 3. The van der Waals surface area contributed by atoms with Crippen molar-refractivity contribution in [2.24, 2.45) is 10.7 Å². The summed E-state index contributed by atoms with van der Waals surface area (Å²) in [6.45, 7) is 2.54. The van der Waals surface area contributed by atoms with Gasteiger partial charge in [-0.2, -0.15) is 5.26 Å². The van der Waals surface area contributed by atoms with Crippen molar-refractivity contribution in [3.05, 3.63) is 78.1 Å². The van der Waals surface area contributed by atoms with Gasteiger partial charge >= 0.3 is 0 Å². The first kappa shape index (κ1) is 28.5. The van der Waals surface area contributed by atoms with Gasteiger partial charge in [-0.15, -0.1) is 0 Å². The molecule has 0 radical (unpaired) electrons. The van der Waals surface area contributed by atoms with Crippen LogP contribution in [0.4, 0.5) is 22.9 Å². The van der Waals surface area contributed by atoms with Gasteiger partial charge in [0.05, 0.1) is 35.9 Å². The zero-order chi connectivity index (χ0) is 29.4. The first-order valence-electron chi connectivity index (χ1n) is 12.6. The molecule has 1 amide bonds. The van der Waals surface area contributed by atoms with E-state index in [9.17, 15) is 10.1 Å². The Kier molecular flexibility index (Phi) is 9.09. The van der Waals surface area contributed by atoms with Crippen molar-refractivity contribution in [3.63, 3.8) is 0 Å². The number of methoxy groups -OCH3 is 1. The number of aliphatic imine (C=N–C) groups is 1. The molecule has 2 heterocycles. The molecule has 0 aliphatic carbocycles. The number of hydrogen-bond acceptors (Lipinski definition) is 9. The van der Waals surface area contributed by atoms with E-state index in [0.717, 1.165) is 11.3 Å². The Labute approximate surface area is 238 Å². The van der Waals surface area contributed by atoms with Crippen molar-refractivity contribution in [2.45, 2.75) is 6.92 Å². The molecule has 2 aromatic carbocycles. The van der Waals surface area contributed by atoms with E-state index in [2.05, 4.69) is 31.7 Å². The van der Waals surface area contributed by atoms with Crippen molar-refractivity contribution in [3.8, 4) is 23.3 Å². The van der Waals surface area contributed by atoms with Crippen LogP contribution < -0.4 is 25.8 Å². The lowest BCUT2D eigenvalue weighted by Crippen LogP contribution is -2.13. The smallest absolute Gasteiger partial charge is 0.248 e. The number of pyridine rings is 2. The molecule has 0 atom stereocenters. The van der Waals surface area contributed by atoms with Gasteiger partial charge in [0.25, 0.3) is 0 Å². The number of fused-ring (bicyclic) bond motifs is 1. The summed E-state index contributed by atoms with van der Waals surface area (Å²) in [7, 11) is 5.35. The summed E-state index contributed by atoms with van der Waals surface area (Å²) in [5.41, 5.74) is 8.88. The van der Waals surface area contributed by atoms with Crippen LogP contribution in [0.3, 0.4) is 0 Å². The average Bonchev–Trinajstić information content (AvgIpc) is 2.94. The Morgan fingerprint density at radius 1 is 1.17 bits per heavy atom. The fourth-order valence-corrected chi connectivity index (χ4v) is 3.97. The highest BCUT2D eigenvalue weighted by atomic mass is 16.5. The Hall–Kier alpha value is -5.47. The number of amides is 1. The van der Waals surface area contributed by atoms with E-state index in [1.165, 1.54) is 25.7 Å². The summed E-state index contributed by atoms with van der Waals surface area (Å²) in [6.07, 6.45) is 7.50. The van der Waals surface area contributed by atoms with Crippen LogP contribution in [0, 0.1) is 18.3 Å². The first-order valence-corrected chi connectivity index (χ1v) is 12.6. The van der Waals surface area contributed by atoms with E-state index in [4.69, 9.17) is 15.2 Å². The Morgan fingerprint density at radius 2 is 2.00 bits per heavy atom. The lowest BCUT2D eigenvalue weighted by molar-refractivity contribution is -0.111. The Balaban J connectivity index is 1.65. The number of aryl methyl sites for hydroxylation is 1. The molecular weight excluding hydrogens is 520 g/mol. The third kappa shape index (κ3) is 7.14. The molecule has 0 saturated carbocycles. The van der Waals surface area contributed by atoms with Crippen LogP contribution in [0.15, 0.2) is 72.0 Å². The zero-order valence-corrected chi connectivity index (χ0v) is 23.2. The molecule has 0 fully saturated rings. The fraction of sp³-hybridized carbons (Fsp3) is 0.167. The largest absolute Gasteiger partial charge is 0.494 e. The first-order chi connectivity index (χ1) is 19.8. The summed E-state index contributed by atoms with van der Waals surface area (Å²) in [5.74, 6) is 1.79. The maximum atomic E-state index is 12.6. The Bertz CT molecular complexity index is 1670. The minimum absolute atomic E-state index is 0.300. The minimum atomic E-state index is -0.300. The summed E-state index contributed by atoms with van der Waals surface area (Å²) < 4.78 is 11.5. The van der Waals surface area contributed by atoms with E-state index in [-0.39, 0.29) is 5.91 Å². The van der Waals surface area contributed by atoms with Crippen molar-refractivity contribution in [2.75, 3.05) is 38.4 Å². The van der Waals surface area contributed by atoms with Crippen LogP contribution in [0.25, 0.3) is 10.9 Å². The predicted molar refractivity (Wildman–Crippen MR) is 160 cm³/mol. The molecule has 4 aromatic rings. The molecule has 0 saturated heterocycles.